The summed E-state index contributed by atoms with van der Waals surface area (Å²) >= 11 is 8.00. The van der Waals surface area contributed by atoms with Crippen LogP contribution in [0.15, 0.2) is 94.9 Å². The van der Waals surface area contributed by atoms with Crippen molar-refractivity contribution in [2.24, 2.45) is 0 Å². The third kappa shape index (κ3) is 3.63. The third-order valence-corrected chi connectivity index (χ3v) is 7.07. The molecule has 6 aromatic rings. The highest BCUT2D eigenvalue weighted by atomic mass is 35.5. The lowest BCUT2D eigenvalue weighted by atomic mass is 10.2. The topological polar surface area (TPSA) is 65.1 Å². The van der Waals surface area contributed by atoms with Crippen LogP contribution in [0.3, 0.4) is 0 Å². The molecule has 0 unspecified atom stereocenters. The van der Waals surface area contributed by atoms with Crippen LogP contribution in [0.25, 0.3) is 27.6 Å². The molecule has 0 spiro atoms. The molecular formula is C26H18ClN5OS. The number of benzene rings is 3. The minimum Gasteiger partial charge on any atom is -0.272 e. The molecule has 0 amide bonds. The summed E-state index contributed by atoms with van der Waals surface area (Å²) in [6, 6.07) is 27.4. The van der Waals surface area contributed by atoms with E-state index in [0.717, 1.165) is 27.5 Å². The molecule has 6 nitrogen and oxygen atoms in total. The van der Waals surface area contributed by atoms with Gasteiger partial charge in [-0.2, -0.15) is 0 Å². The molecule has 3 aromatic carbocycles. The summed E-state index contributed by atoms with van der Waals surface area (Å²) in [6.07, 6.45) is 0. The number of para-hydroxylation sites is 2. The molecule has 0 N–H and O–H groups in total. The zero-order chi connectivity index (χ0) is 23.1. The molecule has 3 heterocycles. The molecule has 0 radical (unpaired) electrons. The molecular weight excluding hydrogens is 466 g/mol. The molecule has 6 rings (SSSR count). The Balaban J connectivity index is 1.45. The number of rotatable bonds is 5. The maximum atomic E-state index is 13.4. The van der Waals surface area contributed by atoms with Gasteiger partial charge in [-0.05, 0) is 29.8 Å². The van der Waals surface area contributed by atoms with Crippen molar-refractivity contribution < 1.29 is 0 Å². The van der Waals surface area contributed by atoms with Crippen molar-refractivity contribution in [3.05, 3.63) is 112 Å². The van der Waals surface area contributed by atoms with Crippen LogP contribution in [0, 0.1) is 0 Å². The number of pyridine rings is 1. The number of fused-ring (bicyclic) bond motifs is 4. The van der Waals surface area contributed by atoms with Crippen molar-refractivity contribution in [2.75, 3.05) is 0 Å². The fourth-order valence-electron chi connectivity index (χ4n) is 4.12. The highest BCUT2D eigenvalue weighted by molar-refractivity contribution is 7.98. The molecule has 34 heavy (non-hydrogen) atoms. The second kappa shape index (κ2) is 8.59. The van der Waals surface area contributed by atoms with E-state index < -0.39 is 0 Å². The van der Waals surface area contributed by atoms with Gasteiger partial charge in [0.25, 0.3) is 5.56 Å². The van der Waals surface area contributed by atoms with E-state index in [-0.39, 0.29) is 5.56 Å². The van der Waals surface area contributed by atoms with E-state index in [1.807, 2.05) is 83.3 Å². The van der Waals surface area contributed by atoms with Gasteiger partial charge in [0.1, 0.15) is 5.15 Å². The third-order valence-electron chi connectivity index (χ3n) is 5.77. The standard InChI is InChI=1S/C26H18ClN5OS/c27-23-19(14-18-10-4-6-12-21(18)28-23)16-34-26-30-29-25-31(15-17-8-2-1-3-9-17)24(33)20-11-5-7-13-22(20)32(25)26/h1-14H,15-16H2. The molecule has 0 fully saturated rings. The summed E-state index contributed by atoms with van der Waals surface area (Å²) in [5.41, 5.74) is 3.50. The van der Waals surface area contributed by atoms with Crippen molar-refractivity contribution in [2.45, 2.75) is 17.5 Å². The lowest BCUT2D eigenvalue weighted by Gasteiger charge is -2.11. The Hall–Kier alpha value is -3.68. The van der Waals surface area contributed by atoms with Crippen LogP contribution >= 0.6 is 23.4 Å². The van der Waals surface area contributed by atoms with E-state index in [9.17, 15) is 4.79 Å². The minimum absolute atomic E-state index is 0.0855. The first-order valence-electron chi connectivity index (χ1n) is 10.8. The first kappa shape index (κ1) is 20.9. The average molecular weight is 484 g/mol. The van der Waals surface area contributed by atoms with Gasteiger partial charge in [-0.25, -0.2) is 4.98 Å². The average Bonchev–Trinajstić information content (AvgIpc) is 3.30. The van der Waals surface area contributed by atoms with Gasteiger partial charge < -0.3 is 0 Å². The van der Waals surface area contributed by atoms with Gasteiger partial charge >= 0.3 is 0 Å². The van der Waals surface area contributed by atoms with Crippen molar-refractivity contribution >= 4 is 50.9 Å². The van der Waals surface area contributed by atoms with Gasteiger partial charge in [-0.1, -0.05) is 84.0 Å². The molecule has 166 valence electrons. The Morgan fingerprint density at radius 3 is 2.53 bits per heavy atom. The highest BCUT2D eigenvalue weighted by Crippen LogP contribution is 2.29. The van der Waals surface area contributed by atoms with Gasteiger partial charge in [0.15, 0.2) is 5.16 Å². The summed E-state index contributed by atoms with van der Waals surface area (Å²) in [4.78, 5) is 17.9. The predicted octanol–water partition coefficient (Wildman–Crippen LogP) is 5.59. The van der Waals surface area contributed by atoms with Crippen molar-refractivity contribution in [3.63, 3.8) is 0 Å². The molecule has 0 atom stereocenters. The van der Waals surface area contributed by atoms with Gasteiger partial charge in [-0.3, -0.25) is 13.8 Å². The number of hydrogen-bond acceptors (Lipinski definition) is 5. The van der Waals surface area contributed by atoms with E-state index >= 15 is 0 Å². The smallest absolute Gasteiger partial charge is 0.263 e. The predicted molar refractivity (Wildman–Crippen MR) is 137 cm³/mol. The van der Waals surface area contributed by atoms with Gasteiger partial charge in [-0.15, -0.1) is 10.2 Å². The maximum Gasteiger partial charge on any atom is 0.263 e. The largest absolute Gasteiger partial charge is 0.272 e. The van der Waals surface area contributed by atoms with Crippen LogP contribution in [0.2, 0.25) is 5.15 Å². The SMILES string of the molecule is O=c1c2ccccc2n2c(SCc3cc4ccccc4nc3Cl)nnc2n1Cc1ccccc1. The van der Waals surface area contributed by atoms with Crippen molar-refractivity contribution in [1.82, 2.24) is 24.1 Å². The number of halogens is 1. The Morgan fingerprint density at radius 1 is 0.882 bits per heavy atom. The molecule has 0 aliphatic rings. The number of nitrogens with zero attached hydrogens (tertiary/aromatic N) is 5. The van der Waals surface area contributed by atoms with E-state index in [1.165, 1.54) is 11.8 Å². The zero-order valence-electron chi connectivity index (χ0n) is 17.9. The maximum absolute atomic E-state index is 13.4. The van der Waals surface area contributed by atoms with Gasteiger partial charge in [0.05, 0.1) is 23.0 Å². The van der Waals surface area contributed by atoms with Gasteiger partial charge in [0, 0.05) is 16.7 Å². The molecule has 8 heteroatoms. The Bertz CT molecular complexity index is 1730. The summed E-state index contributed by atoms with van der Waals surface area (Å²) in [5, 5.41) is 11.7. The van der Waals surface area contributed by atoms with Crippen LogP contribution in [-0.4, -0.2) is 24.1 Å². The van der Waals surface area contributed by atoms with Crippen LogP contribution in [0.5, 0.6) is 0 Å². The molecule has 3 aromatic heterocycles. The second-order valence-corrected chi connectivity index (χ2v) is 9.23. The van der Waals surface area contributed by atoms with Crippen molar-refractivity contribution in [3.8, 4) is 0 Å². The van der Waals surface area contributed by atoms with Gasteiger partial charge in [0.2, 0.25) is 5.78 Å². The fraction of sp³-hybridized carbons (Fsp3) is 0.0769. The van der Waals surface area contributed by atoms with Crippen LogP contribution in [0.1, 0.15) is 11.1 Å². The van der Waals surface area contributed by atoms with E-state index in [0.29, 0.717) is 33.8 Å². The Morgan fingerprint density at radius 2 is 1.65 bits per heavy atom. The lowest BCUT2D eigenvalue weighted by Crippen LogP contribution is -2.24. The number of aromatic nitrogens is 5. The van der Waals surface area contributed by atoms with E-state index in [1.54, 1.807) is 4.57 Å². The summed E-state index contributed by atoms with van der Waals surface area (Å²) in [7, 11) is 0. The molecule has 0 saturated carbocycles. The van der Waals surface area contributed by atoms with Crippen molar-refractivity contribution in [1.29, 1.82) is 0 Å². The normalized spacial score (nSPS) is 11.6. The van der Waals surface area contributed by atoms with E-state index in [2.05, 4.69) is 21.2 Å². The zero-order valence-corrected chi connectivity index (χ0v) is 19.5. The monoisotopic (exact) mass is 483 g/mol. The summed E-state index contributed by atoms with van der Waals surface area (Å²) in [6.45, 7) is 0.414. The number of thioether (sulfide) groups is 1. The quantitative estimate of drug-likeness (QED) is 0.236. The van der Waals surface area contributed by atoms with Crippen LogP contribution in [-0.2, 0) is 12.3 Å². The Kier molecular flexibility index (Phi) is 5.28. The highest BCUT2D eigenvalue weighted by Gasteiger charge is 2.17. The molecule has 0 saturated heterocycles. The molecule has 0 aliphatic carbocycles. The Labute approximate surface area is 203 Å². The summed E-state index contributed by atoms with van der Waals surface area (Å²) < 4.78 is 3.63. The molecule has 0 bridgehead atoms. The van der Waals surface area contributed by atoms with E-state index in [4.69, 9.17) is 11.6 Å². The first-order chi connectivity index (χ1) is 16.7. The molecule has 0 aliphatic heterocycles. The first-order valence-corrected chi connectivity index (χ1v) is 12.1. The fourth-order valence-corrected chi connectivity index (χ4v) is 5.32. The van der Waals surface area contributed by atoms with Crippen LogP contribution in [0.4, 0.5) is 0 Å². The minimum atomic E-state index is -0.0855. The summed E-state index contributed by atoms with van der Waals surface area (Å²) in [5.74, 6) is 1.08. The second-order valence-electron chi connectivity index (χ2n) is 7.93. The lowest BCUT2D eigenvalue weighted by molar-refractivity contribution is 0.764. The number of hydrogen-bond donors (Lipinski definition) is 0. The van der Waals surface area contributed by atoms with Crippen LogP contribution < -0.4 is 5.56 Å².